The molecule has 3 aromatic carbocycles. The Morgan fingerprint density at radius 2 is 1.74 bits per heavy atom. The van der Waals surface area contributed by atoms with Gasteiger partial charge in [-0.1, -0.05) is 59.6 Å². The molecule has 1 fully saturated rings. The molecule has 1 aliphatic heterocycles. The molecule has 0 radical (unpaired) electrons. The number of nitrogens with zero attached hydrogens (tertiary/aromatic N) is 2. The third-order valence-corrected chi connectivity index (χ3v) is 6.63. The summed E-state index contributed by atoms with van der Waals surface area (Å²) in [5, 5.41) is 11.8. The summed E-state index contributed by atoms with van der Waals surface area (Å²) in [7, 11) is 0. The fourth-order valence-electron chi connectivity index (χ4n) is 4.59. The van der Waals surface area contributed by atoms with Crippen LogP contribution in [0.5, 0.6) is 5.75 Å². The van der Waals surface area contributed by atoms with E-state index in [0.29, 0.717) is 28.5 Å². The average Bonchev–Trinajstić information content (AvgIpc) is 3.17. The van der Waals surface area contributed by atoms with Crippen molar-refractivity contribution < 1.29 is 19.4 Å². The predicted molar refractivity (Wildman–Crippen MR) is 145 cm³/mol. The van der Waals surface area contributed by atoms with Gasteiger partial charge in [0.1, 0.15) is 18.1 Å². The number of rotatable bonds is 7. The van der Waals surface area contributed by atoms with Gasteiger partial charge in [0.15, 0.2) is 0 Å². The van der Waals surface area contributed by atoms with E-state index < -0.39 is 17.7 Å². The zero-order chi connectivity index (χ0) is 26.6. The molecule has 5 rings (SSSR count). The summed E-state index contributed by atoms with van der Waals surface area (Å²) in [5.74, 6) is -1.09. The van der Waals surface area contributed by atoms with Gasteiger partial charge in [-0.05, 0) is 66.1 Å². The van der Waals surface area contributed by atoms with Crippen molar-refractivity contribution in [3.8, 4) is 5.75 Å². The molecule has 1 aromatic heterocycles. The second kappa shape index (κ2) is 10.9. The summed E-state index contributed by atoms with van der Waals surface area (Å²) in [6, 6.07) is 24.6. The minimum atomic E-state index is -0.814. The van der Waals surface area contributed by atoms with Crippen molar-refractivity contribution in [2.45, 2.75) is 26.1 Å². The molecule has 1 saturated heterocycles. The topological polar surface area (TPSA) is 79.7 Å². The Bertz CT molecular complexity index is 1520. The number of ketones is 1. The second-order valence-corrected chi connectivity index (χ2v) is 9.58. The van der Waals surface area contributed by atoms with E-state index in [0.717, 1.165) is 16.7 Å². The fourth-order valence-corrected chi connectivity index (χ4v) is 4.79. The molecule has 0 spiro atoms. The molecule has 6 nitrogen and oxygen atoms in total. The van der Waals surface area contributed by atoms with Crippen LogP contribution in [0, 0.1) is 6.92 Å². The van der Waals surface area contributed by atoms with Gasteiger partial charge in [0.25, 0.3) is 11.7 Å². The molecule has 2 heterocycles. The molecule has 0 bridgehead atoms. The maximum absolute atomic E-state index is 13.3. The van der Waals surface area contributed by atoms with Gasteiger partial charge in [0.05, 0.1) is 11.6 Å². The Morgan fingerprint density at radius 3 is 2.45 bits per heavy atom. The molecule has 1 aliphatic rings. The van der Waals surface area contributed by atoms with Crippen molar-refractivity contribution in [2.75, 3.05) is 0 Å². The third-order valence-electron chi connectivity index (χ3n) is 6.40. The summed E-state index contributed by atoms with van der Waals surface area (Å²) >= 11 is 6.26. The van der Waals surface area contributed by atoms with Gasteiger partial charge in [-0.3, -0.25) is 14.6 Å². The van der Waals surface area contributed by atoms with Gasteiger partial charge in [-0.25, -0.2) is 0 Å². The fraction of sp³-hybridized carbons (Fsp3) is 0.129. The van der Waals surface area contributed by atoms with Crippen LogP contribution < -0.4 is 4.74 Å². The van der Waals surface area contributed by atoms with Gasteiger partial charge >= 0.3 is 0 Å². The zero-order valence-electron chi connectivity index (χ0n) is 20.7. The lowest BCUT2D eigenvalue weighted by molar-refractivity contribution is -0.140. The summed E-state index contributed by atoms with van der Waals surface area (Å²) in [5.41, 5.74) is 4.00. The van der Waals surface area contributed by atoms with Crippen LogP contribution in [0.1, 0.15) is 33.9 Å². The number of aliphatic hydroxyl groups is 1. The highest BCUT2D eigenvalue weighted by Crippen LogP contribution is 2.41. The minimum absolute atomic E-state index is 0.00888. The SMILES string of the molecule is Cc1cccc(COc2ccc(C(O)=C3C(=O)C(=O)N(Cc4cccnc4)C3c3cccc(Cl)c3)cc2)c1. The molecule has 1 atom stereocenters. The maximum Gasteiger partial charge on any atom is 0.295 e. The lowest BCUT2D eigenvalue weighted by atomic mass is 9.95. The normalized spacial score (nSPS) is 16.6. The molecule has 0 aliphatic carbocycles. The molecule has 1 amide bonds. The van der Waals surface area contributed by atoms with E-state index in [-0.39, 0.29) is 17.9 Å². The van der Waals surface area contributed by atoms with Gasteiger partial charge in [0.2, 0.25) is 0 Å². The first-order valence-corrected chi connectivity index (χ1v) is 12.5. The molecule has 0 saturated carbocycles. The zero-order valence-corrected chi connectivity index (χ0v) is 21.4. The molecular formula is C31H25ClN2O4. The molecule has 1 unspecified atom stereocenters. The van der Waals surface area contributed by atoms with Crippen LogP contribution in [-0.2, 0) is 22.7 Å². The number of amides is 1. The Hall–Kier alpha value is -4.42. The van der Waals surface area contributed by atoms with E-state index in [1.165, 1.54) is 4.90 Å². The first kappa shape index (κ1) is 25.2. The number of likely N-dealkylation sites (tertiary alicyclic amines) is 1. The van der Waals surface area contributed by atoms with E-state index in [1.54, 1.807) is 67.0 Å². The van der Waals surface area contributed by atoms with Crippen LogP contribution >= 0.6 is 11.6 Å². The largest absolute Gasteiger partial charge is 0.507 e. The molecule has 7 heteroatoms. The number of ether oxygens (including phenoxy) is 1. The number of halogens is 1. The number of aryl methyl sites for hydroxylation is 1. The highest BCUT2D eigenvalue weighted by molar-refractivity contribution is 6.46. The van der Waals surface area contributed by atoms with Crippen molar-refractivity contribution in [3.63, 3.8) is 0 Å². The first-order chi connectivity index (χ1) is 18.4. The number of aliphatic hydroxyl groups excluding tert-OH is 1. The van der Waals surface area contributed by atoms with Gasteiger partial charge < -0.3 is 14.7 Å². The molecule has 38 heavy (non-hydrogen) atoms. The Morgan fingerprint density at radius 1 is 0.974 bits per heavy atom. The summed E-state index contributed by atoms with van der Waals surface area (Å²) in [6.07, 6.45) is 3.28. The Labute approximate surface area is 225 Å². The van der Waals surface area contributed by atoms with Crippen molar-refractivity contribution in [3.05, 3.63) is 136 Å². The first-order valence-electron chi connectivity index (χ1n) is 12.1. The number of benzene rings is 3. The Kier molecular flexibility index (Phi) is 7.24. The van der Waals surface area contributed by atoms with Crippen LogP contribution in [0.2, 0.25) is 5.02 Å². The minimum Gasteiger partial charge on any atom is -0.507 e. The molecular weight excluding hydrogens is 500 g/mol. The van der Waals surface area contributed by atoms with Crippen molar-refractivity contribution >= 4 is 29.1 Å². The number of Topliss-reactive ketones (excluding diaryl/α,β-unsaturated/α-hetero) is 1. The Balaban J connectivity index is 1.47. The van der Waals surface area contributed by atoms with Gasteiger partial charge in [-0.2, -0.15) is 0 Å². The van der Waals surface area contributed by atoms with Crippen molar-refractivity contribution in [2.24, 2.45) is 0 Å². The highest BCUT2D eigenvalue weighted by atomic mass is 35.5. The standard InChI is InChI=1S/C31H25ClN2O4/c1-20-5-2-6-21(15-20)19-38-26-12-10-23(11-13-26)29(35)27-28(24-8-3-9-25(32)16-24)34(31(37)30(27)36)18-22-7-4-14-33-17-22/h2-17,28,35H,18-19H2,1H3. The smallest absolute Gasteiger partial charge is 0.295 e. The maximum atomic E-state index is 13.3. The van der Waals surface area contributed by atoms with Crippen LogP contribution in [-0.4, -0.2) is 26.7 Å². The lowest BCUT2D eigenvalue weighted by Crippen LogP contribution is -2.29. The number of carbonyl (C=O) groups is 2. The second-order valence-electron chi connectivity index (χ2n) is 9.15. The van der Waals surface area contributed by atoms with Crippen molar-refractivity contribution in [1.29, 1.82) is 0 Å². The van der Waals surface area contributed by atoms with Gasteiger partial charge in [0, 0.05) is 29.5 Å². The van der Waals surface area contributed by atoms with E-state index >= 15 is 0 Å². The van der Waals surface area contributed by atoms with Gasteiger partial charge in [-0.15, -0.1) is 0 Å². The van der Waals surface area contributed by atoms with E-state index in [4.69, 9.17) is 16.3 Å². The number of pyridine rings is 1. The molecule has 190 valence electrons. The number of hydrogen-bond donors (Lipinski definition) is 1. The van der Waals surface area contributed by atoms with Crippen LogP contribution in [0.15, 0.2) is 103 Å². The molecule has 4 aromatic rings. The van der Waals surface area contributed by atoms with Crippen LogP contribution in [0.25, 0.3) is 5.76 Å². The quantitative estimate of drug-likeness (QED) is 0.176. The highest BCUT2D eigenvalue weighted by Gasteiger charge is 2.46. The summed E-state index contributed by atoms with van der Waals surface area (Å²) < 4.78 is 5.88. The summed E-state index contributed by atoms with van der Waals surface area (Å²) in [4.78, 5) is 32.0. The average molecular weight is 525 g/mol. The van der Waals surface area contributed by atoms with E-state index in [9.17, 15) is 14.7 Å². The predicted octanol–water partition coefficient (Wildman–Crippen LogP) is 6.24. The lowest BCUT2D eigenvalue weighted by Gasteiger charge is -2.25. The number of hydrogen-bond acceptors (Lipinski definition) is 5. The molecule has 1 N–H and O–H groups in total. The van der Waals surface area contributed by atoms with Crippen molar-refractivity contribution in [1.82, 2.24) is 9.88 Å². The third kappa shape index (κ3) is 5.31. The number of aromatic nitrogens is 1. The van der Waals surface area contributed by atoms with Crippen LogP contribution in [0.3, 0.4) is 0 Å². The van der Waals surface area contributed by atoms with E-state index in [2.05, 4.69) is 11.1 Å². The number of carbonyl (C=O) groups excluding carboxylic acids is 2. The monoisotopic (exact) mass is 524 g/mol. The summed E-state index contributed by atoms with van der Waals surface area (Å²) in [6.45, 7) is 2.58. The van der Waals surface area contributed by atoms with Crippen LogP contribution in [0.4, 0.5) is 0 Å². The van der Waals surface area contributed by atoms with E-state index in [1.807, 2.05) is 31.2 Å².